The van der Waals surface area contributed by atoms with E-state index in [2.05, 4.69) is 6.92 Å². The largest absolute Gasteiger partial charge is 0.459 e. The van der Waals surface area contributed by atoms with Gasteiger partial charge < -0.3 is 9.64 Å². The Labute approximate surface area is 96.9 Å². The SMILES string of the molecule is CCOC(=O)C(=O)N1CCCC(CC)CC1. The fraction of sp³-hybridized carbons (Fsp3) is 0.833. The molecule has 1 aliphatic heterocycles. The first-order valence-corrected chi connectivity index (χ1v) is 6.15. The minimum absolute atomic E-state index is 0.260. The maximum absolute atomic E-state index is 11.7. The van der Waals surface area contributed by atoms with Gasteiger partial charge in [0.25, 0.3) is 0 Å². The molecule has 1 atom stereocenters. The van der Waals surface area contributed by atoms with Gasteiger partial charge in [-0.2, -0.15) is 0 Å². The van der Waals surface area contributed by atoms with Gasteiger partial charge in [-0.25, -0.2) is 4.79 Å². The second kappa shape index (κ2) is 6.51. The highest BCUT2D eigenvalue weighted by molar-refractivity contribution is 6.32. The van der Waals surface area contributed by atoms with Gasteiger partial charge in [-0.1, -0.05) is 13.3 Å². The Kier molecular flexibility index (Phi) is 5.29. The van der Waals surface area contributed by atoms with Crippen LogP contribution in [0.1, 0.15) is 39.5 Å². The summed E-state index contributed by atoms with van der Waals surface area (Å²) in [5.41, 5.74) is 0. The summed E-state index contributed by atoms with van der Waals surface area (Å²) in [6.07, 6.45) is 4.30. The van der Waals surface area contributed by atoms with Crippen molar-refractivity contribution in [1.29, 1.82) is 0 Å². The first-order valence-electron chi connectivity index (χ1n) is 6.15. The summed E-state index contributed by atoms with van der Waals surface area (Å²) < 4.78 is 4.72. The summed E-state index contributed by atoms with van der Waals surface area (Å²) in [4.78, 5) is 24.6. The van der Waals surface area contributed by atoms with Gasteiger partial charge in [0.15, 0.2) is 0 Å². The average Bonchev–Trinajstić information content (AvgIpc) is 2.53. The normalized spacial score (nSPS) is 21.4. The zero-order valence-electron chi connectivity index (χ0n) is 10.2. The van der Waals surface area contributed by atoms with E-state index < -0.39 is 11.9 Å². The third kappa shape index (κ3) is 3.51. The number of carbonyl (C=O) groups excluding carboxylic acids is 2. The van der Waals surface area contributed by atoms with Gasteiger partial charge in [-0.05, 0) is 32.1 Å². The molecule has 0 bridgehead atoms. The van der Waals surface area contributed by atoms with Crippen LogP contribution in [0.2, 0.25) is 0 Å². The molecule has 0 spiro atoms. The maximum atomic E-state index is 11.7. The van der Waals surface area contributed by atoms with E-state index in [-0.39, 0.29) is 6.61 Å². The summed E-state index contributed by atoms with van der Waals surface area (Å²) in [5, 5.41) is 0. The van der Waals surface area contributed by atoms with E-state index in [1.807, 2.05) is 0 Å². The molecule has 1 rings (SSSR count). The highest BCUT2D eigenvalue weighted by Gasteiger charge is 2.25. The fourth-order valence-electron chi connectivity index (χ4n) is 2.10. The molecule has 1 saturated heterocycles. The van der Waals surface area contributed by atoms with Crippen LogP contribution in [0.25, 0.3) is 0 Å². The number of carbonyl (C=O) groups is 2. The summed E-state index contributed by atoms with van der Waals surface area (Å²) in [5.74, 6) is -0.490. The van der Waals surface area contributed by atoms with Gasteiger partial charge in [0.1, 0.15) is 0 Å². The average molecular weight is 227 g/mol. The Morgan fingerprint density at radius 1 is 1.25 bits per heavy atom. The fourth-order valence-corrected chi connectivity index (χ4v) is 2.10. The van der Waals surface area contributed by atoms with Gasteiger partial charge in [-0.15, -0.1) is 0 Å². The number of hydrogen-bond donors (Lipinski definition) is 0. The number of likely N-dealkylation sites (tertiary alicyclic amines) is 1. The number of hydrogen-bond acceptors (Lipinski definition) is 3. The molecule has 0 aromatic carbocycles. The maximum Gasteiger partial charge on any atom is 0.397 e. The molecule has 1 fully saturated rings. The van der Waals surface area contributed by atoms with Crippen molar-refractivity contribution in [3.63, 3.8) is 0 Å². The Bertz CT molecular complexity index is 253. The van der Waals surface area contributed by atoms with Crippen LogP contribution in [-0.2, 0) is 14.3 Å². The lowest BCUT2D eigenvalue weighted by atomic mass is 9.98. The van der Waals surface area contributed by atoms with Crippen LogP contribution < -0.4 is 0 Å². The van der Waals surface area contributed by atoms with Crippen molar-refractivity contribution in [1.82, 2.24) is 4.90 Å². The monoisotopic (exact) mass is 227 g/mol. The van der Waals surface area contributed by atoms with Gasteiger partial charge in [0, 0.05) is 13.1 Å². The minimum atomic E-state index is -0.711. The zero-order chi connectivity index (χ0) is 12.0. The number of amides is 1. The molecule has 16 heavy (non-hydrogen) atoms. The van der Waals surface area contributed by atoms with Gasteiger partial charge in [0.05, 0.1) is 6.61 Å². The molecular formula is C12H21NO3. The molecule has 0 aromatic rings. The number of esters is 1. The standard InChI is InChI=1S/C12H21NO3/c1-3-10-6-5-8-13(9-7-10)11(14)12(15)16-4-2/h10H,3-9H2,1-2H3. The van der Waals surface area contributed by atoms with Crippen LogP contribution in [0, 0.1) is 5.92 Å². The first kappa shape index (κ1) is 13.0. The molecule has 1 unspecified atom stereocenters. The van der Waals surface area contributed by atoms with Gasteiger partial charge in [-0.3, -0.25) is 4.79 Å². The molecule has 0 saturated carbocycles. The van der Waals surface area contributed by atoms with E-state index in [1.54, 1.807) is 11.8 Å². The number of rotatable bonds is 2. The third-order valence-electron chi connectivity index (χ3n) is 3.16. The van der Waals surface area contributed by atoms with E-state index in [0.29, 0.717) is 19.0 Å². The van der Waals surface area contributed by atoms with Crippen molar-refractivity contribution >= 4 is 11.9 Å². The van der Waals surface area contributed by atoms with Crippen LogP contribution in [0.4, 0.5) is 0 Å². The topological polar surface area (TPSA) is 46.6 Å². The summed E-state index contributed by atoms with van der Waals surface area (Å²) in [6.45, 7) is 5.52. The molecule has 0 N–H and O–H groups in total. The summed E-state index contributed by atoms with van der Waals surface area (Å²) in [6, 6.07) is 0. The molecule has 4 nitrogen and oxygen atoms in total. The van der Waals surface area contributed by atoms with E-state index in [4.69, 9.17) is 4.74 Å². The molecule has 4 heteroatoms. The zero-order valence-corrected chi connectivity index (χ0v) is 10.2. The van der Waals surface area contributed by atoms with Crippen LogP contribution in [-0.4, -0.2) is 36.5 Å². The molecule has 1 aliphatic rings. The molecular weight excluding hydrogens is 206 g/mol. The predicted molar refractivity (Wildman–Crippen MR) is 60.8 cm³/mol. The lowest BCUT2D eigenvalue weighted by Crippen LogP contribution is -2.38. The third-order valence-corrected chi connectivity index (χ3v) is 3.16. The highest BCUT2D eigenvalue weighted by Crippen LogP contribution is 2.20. The Morgan fingerprint density at radius 3 is 2.62 bits per heavy atom. The van der Waals surface area contributed by atoms with Crippen molar-refractivity contribution < 1.29 is 14.3 Å². The van der Waals surface area contributed by atoms with Crippen LogP contribution in [0.3, 0.4) is 0 Å². The number of ether oxygens (including phenoxy) is 1. The summed E-state index contributed by atoms with van der Waals surface area (Å²) in [7, 11) is 0. The lowest BCUT2D eigenvalue weighted by Gasteiger charge is -2.19. The van der Waals surface area contributed by atoms with Gasteiger partial charge in [0.2, 0.25) is 0 Å². The molecule has 0 aliphatic carbocycles. The van der Waals surface area contributed by atoms with Crippen LogP contribution >= 0.6 is 0 Å². The summed E-state index contributed by atoms with van der Waals surface area (Å²) >= 11 is 0. The smallest absolute Gasteiger partial charge is 0.397 e. The van der Waals surface area contributed by atoms with Crippen LogP contribution in [0.5, 0.6) is 0 Å². The molecule has 1 heterocycles. The Hall–Kier alpha value is -1.06. The lowest BCUT2D eigenvalue weighted by molar-refractivity contribution is -0.159. The van der Waals surface area contributed by atoms with Crippen molar-refractivity contribution in [3.8, 4) is 0 Å². The second-order valence-corrected chi connectivity index (χ2v) is 4.22. The van der Waals surface area contributed by atoms with E-state index in [9.17, 15) is 9.59 Å². The highest BCUT2D eigenvalue weighted by atomic mass is 16.5. The molecule has 0 radical (unpaired) electrons. The van der Waals surface area contributed by atoms with E-state index >= 15 is 0 Å². The predicted octanol–water partition coefficient (Wildman–Crippen LogP) is 1.59. The quantitative estimate of drug-likeness (QED) is 0.531. The van der Waals surface area contributed by atoms with Crippen molar-refractivity contribution in [3.05, 3.63) is 0 Å². The molecule has 92 valence electrons. The number of nitrogens with zero attached hydrogens (tertiary/aromatic N) is 1. The Balaban J connectivity index is 2.47. The van der Waals surface area contributed by atoms with Crippen molar-refractivity contribution in [2.24, 2.45) is 5.92 Å². The molecule has 0 aromatic heterocycles. The molecule has 1 amide bonds. The first-order chi connectivity index (χ1) is 7.69. The van der Waals surface area contributed by atoms with Crippen LogP contribution in [0.15, 0.2) is 0 Å². The second-order valence-electron chi connectivity index (χ2n) is 4.22. The van der Waals surface area contributed by atoms with E-state index in [0.717, 1.165) is 25.7 Å². The van der Waals surface area contributed by atoms with E-state index in [1.165, 1.54) is 0 Å². The van der Waals surface area contributed by atoms with Crippen molar-refractivity contribution in [2.75, 3.05) is 19.7 Å². The van der Waals surface area contributed by atoms with Crippen molar-refractivity contribution in [2.45, 2.75) is 39.5 Å². The Morgan fingerprint density at radius 2 is 2.00 bits per heavy atom. The van der Waals surface area contributed by atoms with Gasteiger partial charge >= 0.3 is 11.9 Å². The minimum Gasteiger partial charge on any atom is -0.459 e.